The van der Waals surface area contributed by atoms with Crippen LogP contribution in [0.1, 0.15) is 23.6 Å². The molecule has 1 atom stereocenters. The van der Waals surface area contributed by atoms with E-state index in [1.807, 2.05) is 42.5 Å². The Balaban J connectivity index is 1.94. The average molecular weight is 359 g/mol. The lowest BCUT2D eigenvalue weighted by Gasteiger charge is -2.36. The van der Waals surface area contributed by atoms with E-state index in [1.165, 1.54) is 0 Å². The monoisotopic (exact) mass is 359 g/mol. The Labute approximate surface area is 158 Å². The zero-order valence-electron chi connectivity index (χ0n) is 15.2. The van der Waals surface area contributed by atoms with Crippen molar-refractivity contribution in [2.45, 2.75) is 12.5 Å². The summed E-state index contributed by atoms with van der Waals surface area (Å²) in [6.45, 7) is 2.06. The number of hydrogen-bond donors (Lipinski definition) is 3. The molecule has 0 saturated carbocycles. The summed E-state index contributed by atoms with van der Waals surface area (Å²) in [7, 11) is 1.64. The first kappa shape index (κ1) is 17.0. The molecule has 1 unspecified atom stereocenters. The van der Waals surface area contributed by atoms with Gasteiger partial charge in [0.2, 0.25) is 0 Å². The van der Waals surface area contributed by atoms with E-state index < -0.39 is 5.54 Å². The zero-order valence-corrected chi connectivity index (χ0v) is 15.2. The molecule has 136 valence electrons. The number of methoxy groups -OCH3 is 1. The molecule has 0 aromatic heterocycles. The van der Waals surface area contributed by atoms with Gasteiger partial charge >= 0.3 is 0 Å². The predicted octanol–water partition coefficient (Wildman–Crippen LogP) is 4.88. The Morgan fingerprint density at radius 3 is 2.33 bits per heavy atom. The molecule has 1 aliphatic rings. The van der Waals surface area contributed by atoms with Crippen molar-refractivity contribution >= 4 is 11.3 Å². The number of anilines is 1. The maximum atomic E-state index is 9.96. The summed E-state index contributed by atoms with van der Waals surface area (Å²) >= 11 is 0. The third kappa shape index (κ3) is 3.10. The number of aromatic hydroxyl groups is 2. The molecule has 0 radical (unpaired) electrons. The van der Waals surface area contributed by atoms with E-state index in [0.717, 1.165) is 33.7 Å². The number of nitrogens with one attached hydrogen (secondary N) is 1. The molecule has 4 rings (SSSR count). The fraction of sp³-hybridized carbons (Fsp3) is 0.130. The average Bonchev–Trinajstić information content (AvgIpc) is 2.67. The van der Waals surface area contributed by atoms with Crippen LogP contribution in [0.2, 0.25) is 0 Å². The summed E-state index contributed by atoms with van der Waals surface area (Å²) in [5, 5.41) is 23.5. The number of phenolic OH excluding ortho intramolecular Hbond substituents is 2. The standard InChI is InChI=1S/C23H21NO3/c1-23(16-6-4-8-18(26)12-16)14-21(15-5-3-7-17(25)11-15)20-10-9-19(27-2)13-22(20)24-23/h3-14,24-26H,1-2H3. The van der Waals surface area contributed by atoms with Crippen molar-refractivity contribution < 1.29 is 14.9 Å². The van der Waals surface area contributed by atoms with Gasteiger partial charge in [0.05, 0.1) is 12.6 Å². The first-order chi connectivity index (χ1) is 13.0. The molecule has 27 heavy (non-hydrogen) atoms. The number of hydrogen-bond acceptors (Lipinski definition) is 4. The smallest absolute Gasteiger partial charge is 0.120 e. The Kier molecular flexibility index (Phi) is 4.04. The van der Waals surface area contributed by atoms with Crippen LogP contribution in [0.25, 0.3) is 5.57 Å². The van der Waals surface area contributed by atoms with Gasteiger partial charge in [0.1, 0.15) is 17.2 Å². The maximum Gasteiger partial charge on any atom is 0.120 e. The minimum absolute atomic E-state index is 0.222. The summed E-state index contributed by atoms with van der Waals surface area (Å²) in [6.07, 6.45) is 2.13. The van der Waals surface area contributed by atoms with Gasteiger partial charge in [0.25, 0.3) is 0 Å². The number of benzene rings is 3. The van der Waals surface area contributed by atoms with Gasteiger partial charge in [-0.3, -0.25) is 0 Å². The summed E-state index contributed by atoms with van der Waals surface area (Å²) in [6, 6.07) is 20.4. The molecule has 0 amide bonds. The molecule has 1 heterocycles. The van der Waals surface area contributed by atoms with Gasteiger partial charge in [0, 0.05) is 17.3 Å². The van der Waals surface area contributed by atoms with Gasteiger partial charge in [-0.2, -0.15) is 0 Å². The highest BCUT2D eigenvalue weighted by atomic mass is 16.5. The number of rotatable bonds is 3. The van der Waals surface area contributed by atoms with Crippen LogP contribution in [0.4, 0.5) is 5.69 Å². The number of phenols is 2. The third-order valence-corrected chi connectivity index (χ3v) is 4.95. The van der Waals surface area contributed by atoms with E-state index in [-0.39, 0.29) is 11.5 Å². The fourth-order valence-electron chi connectivity index (χ4n) is 3.57. The van der Waals surface area contributed by atoms with E-state index in [4.69, 9.17) is 4.74 Å². The summed E-state index contributed by atoms with van der Waals surface area (Å²) in [5.74, 6) is 1.21. The minimum atomic E-state index is -0.543. The van der Waals surface area contributed by atoms with Gasteiger partial charge in [-0.1, -0.05) is 24.3 Å². The summed E-state index contributed by atoms with van der Waals surface area (Å²) in [4.78, 5) is 0. The van der Waals surface area contributed by atoms with E-state index in [0.29, 0.717) is 0 Å². The minimum Gasteiger partial charge on any atom is -0.508 e. The van der Waals surface area contributed by atoms with E-state index in [1.54, 1.807) is 31.4 Å². The molecule has 0 spiro atoms. The maximum absolute atomic E-state index is 9.96. The van der Waals surface area contributed by atoms with Gasteiger partial charge in [-0.15, -0.1) is 0 Å². The number of fused-ring (bicyclic) bond motifs is 1. The van der Waals surface area contributed by atoms with Crippen molar-refractivity contribution in [3.8, 4) is 17.2 Å². The van der Waals surface area contributed by atoms with Crippen molar-refractivity contribution in [3.63, 3.8) is 0 Å². The highest BCUT2D eigenvalue weighted by Crippen LogP contribution is 2.43. The Morgan fingerprint density at radius 2 is 1.63 bits per heavy atom. The zero-order chi connectivity index (χ0) is 19.0. The van der Waals surface area contributed by atoms with Crippen molar-refractivity contribution in [1.82, 2.24) is 0 Å². The van der Waals surface area contributed by atoms with Crippen LogP contribution < -0.4 is 10.1 Å². The Hall–Kier alpha value is -3.40. The van der Waals surface area contributed by atoms with Crippen LogP contribution in [0.5, 0.6) is 17.2 Å². The van der Waals surface area contributed by atoms with Crippen molar-refractivity contribution in [1.29, 1.82) is 0 Å². The van der Waals surface area contributed by atoms with Gasteiger partial charge < -0.3 is 20.3 Å². The first-order valence-corrected chi connectivity index (χ1v) is 8.77. The molecule has 0 aliphatic carbocycles. The number of ether oxygens (including phenoxy) is 1. The van der Waals surface area contributed by atoms with Crippen LogP contribution in [-0.2, 0) is 5.54 Å². The highest BCUT2D eigenvalue weighted by Gasteiger charge is 2.31. The molecular formula is C23H21NO3. The molecular weight excluding hydrogens is 338 g/mol. The first-order valence-electron chi connectivity index (χ1n) is 8.77. The molecule has 1 aliphatic heterocycles. The SMILES string of the molecule is COc1ccc2c(c1)NC(C)(c1cccc(O)c1)C=C2c1cccc(O)c1. The molecule has 0 saturated heterocycles. The quantitative estimate of drug-likeness (QED) is 0.624. The van der Waals surface area contributed by atoms with E-state index >= 15 is 0 Å². The van der Waals surface area contributed by atoms with Crippen molar-refractivity contribution in [2.24, 2.45) is 0 Å². The van der Waals surface area contributed by atoms with E-state index in [9.17, 15) is 10.2 Å². The molecule has 0 bridgehead atoms. The second kappa shape index (κ2) is 6.40. The second-order valence-electron chi connectivity index (χ2n) is 6.90. The predicted molar refractivity (Wildman–Crippen MR) is 107 cm³/mol. The van der Waals surface area contributed by atoms with Crippen molar-refractivity contribution in [2.75, 3.05) is 12.4 Å². The molecule has 3 aromatic rings. The van der Waals surface area contributed by atoms with Crippen LogP contribution in [0, 0.1) is 0 Å². The normalized spacial score (nSPS) is 18.2. The summed E-state index contributed by atoms with van der Waals surface area (Å²) in [5.41, 5.74) is 4.29. The fourth-order valence-corrected chi connectivity index (χ4v) is 3.57. The topological polar surface area (TPSA) is 61.7 Å². The molecule has 3 N–H and O–H groups in total. The molecule has 4 heteroatoms. The van der Waals surface area contributed by atoms with Gasteiger partial charge in [0.15, 0.2) is 0 Å². The molecule has 3 aromatic carbocycles. The molecule has 4 nitrogen and oxygen atoms in total. The highest BCUT2D eigenvalue weighted by molar-refractivity contribution is 5.90. The van der Waals surface area contributed by atoms with Crippen LogP contribution in [-0.4, -0.2) is 17.3 Å². The van der Waals surface area contributed by atoms with Crippen LogP contribution in [0.3, 0.4) is 0 Å². The van der Waals surface area contributed by atoms with Gasteiger partial charge in [-0.25, -0.2) is 0 Å². The third-order valence-electron chi connectivity index (χ3n) is 4.95. The van der Waals surface area contributed by atoms with Crippen LogP contribution >= 0.6 is 0 Å². The van der Waals surface area contributed by atoms with E-state index in [2.05, 4.69) is 18.3 Å². The van der Waals surface area contributed by atoms with Crippen molar-refractivity contribution in [3.05, 3.63) is 89.5 Å². The molecule has 0 fully saturated rings. The summed E-state index contributed by atoms with van der Waals surface area (Å²) < 4.78 is 5.39. The lowest BCUT2D eigenvalue weighted by molar-refractivity contribution is 0.415. The van der Waals surface area contributed by atoms with Gasteiger partial charge in [-0.05, 0) is 66.1 Å². The Bertz CT molecular complexity index is 1040. The lowest BCUT2D eigenvalue weighted by atomic mass is 9.81. The Morgan fingerprint density at radius 1 is 0.889 bits per heavy atom. The lowest BCUT2D eigenvalue weighted by Crippen LogP contribution is -2.33. The van der Waals surface area contributed by atoms with Crippen LogP contribution in [0.15, 0.2) is 72.8 Å². The second-order valence-corrected chi connectivity index (χ2v) is 6.90. The largest absolute Gasteiger partial charge is 0.508 e.